The van der Waals surface area contributed by atoms with Gasteiger partial charge in [0.25, 0.3) is 0 Å². The Hall–Kier alpha value is -2.18. The second kappa shape index (κ2) is 6.75. The van der Waals surface area contributed by atoms with E-state index in [2.05, 4.69) is 4.72 Å². The molecule has 0 aromatic heterocycles. The van der Waals surface area contributed by atoms with E-state index in [1.54, 1.807) is 12.1 Å². The Bertz CT molecular complexity index is 861. The van der Waals surface area contributed by atoms with Crippen molar-refractivity contribution in [2.24, 2.45) is 5.92 Å². The van der Waals surface area contributed by atoms with E-state index in [1.165, 1.54) is 19.1 Å². The molecule has 2 aromatic rings. The lowest BCUT2D eigenvalue weighted by Gasteiger charge is -2.25. The average molecular weight is 345 g/mol. The van der Waals surface area contributed by atoms with Gasteiger partial charge >= 0.3 is 0 Å². The number of ether oxygens (including phenoxy) is 1. The van der Waals surface area contributed by atoms with Gasteiger partial charge in [-0.05, 0) is 37.1 Å². The van der Waals surface area contributed by atoms with Gasteiger partial charge in [-0.15, -0.1) is 0 Å². The molecule has 2 aromatic carbocycles. The summed E-state index contributed by atoms with van der Waals surface area (Å²) in [5.41, 5.74) is 1.47. The largest absolute Gasteiger partial charge is 0.493 e. The van der Waals surface area contributed by atoms with Gasteiger partial charge in [0.2, 0.25) is 10.0 Å². The second-order valence-corrected chi connectivity index (χ2v) is 7.69. The molecule has 0 radical (unpaired) electrons. The summed E-state index contributed by atoms with van der Waals surface area (Å²) in [6, 6.07) is 13.8. The Balaban J connectivity index is 1.68. The minimum atomic E-state index is -3.65. The average Bonchev–Trinajstić information content (AvgIpc) is 2.60. The molecule has 1 atom stereocenters. The number of carbonyl (C=O) groups is 1. The van der Waals surface area contributed by atoms with Gasteiger partial charge in [-0.25, -0.2) is 13.1 Å². The fourth-order valence-electron chi connectivity index (χ4n) is 2.72. The molecule has 0 fully saturated rings. The van der Waals surface area contributed by atoms with Crippen LogP contribution in [0.25, 0.3) is 0 Å². The predicted octanol–water partition coefficient (Wildman–Crippen LogP) is 2.42. The summed E-state index contributed by atoms with van der Waals surface area (Å²) >= 11 is 0. The molecule has 0 spiro atoms. The molecule has 1 aliphatic rings. The Labute approximate surface area is 141 Å². The maximum absolute atomic E-state index is 12.4. The van der Waals surface area contributed by atoms with E-state index in [0.29, 0.717) is 18.7 Å². The molecule has 1 N–H and O–H groups in total. The third-order valence-corrected chi connectivity index (χ3v) is 5.49. The maximum atomic E-state index is 12.4. The van der Waals surface area contributed by atoms with Crippen LogP contribution in [0.1, 0.15) is 22.8 Å². The van der Waals surface area contributed by atoms with Crippen LogP contribution in [0.15, 0.2) is 53.4 Å². The van der Waals surface area contributed by atoms with Gasteiger partial charge in [0, 0.05) is 18.0 Å². The first-order chi connectivity index (χ1) is 11.5. The fourth-order valence-corrected chi connectivity index (χ4v) is 3.88. The number of hydrogen-bond donors (Lipinski definition) is 1. The molecule has 0 bridgehead atoms. The topological polar surface area (TPSA) is 72.5 Å². The Morgan fingerprint density at radius 3 is 2.79 bits per heavy atom. The molecule has 0 saturated heterocycles. The number of para-hydroxylation sites is 1. The lowest BCUT2D eigenvalue weighted by Crippen LogP contribution is -2.34. The van der Waals surface area contributed by atoms with Crippen LogP contribution < -0.4 is 9.46 Å². The quantitative estimate of drug-likeness (QED) is 0.845. The molecular formula is C18H19NO4S. The molecule has 0 amide bonds. The number of hydrogen-bond acceptors (Lipinski definition) is 4. The van der Waals surface area contributed by atoms with Gasteiger partial charge < -0.3 is 4.74 Å². The zero-order valence-electron chi connectivity index (χ0n) is 13.4. The first kappa shape index (κ1) is 16.7. The van der Waals surface area contributed by atoms with Gasteiger partial charge in [-0.1, -0.05) is 30.3 Å². The highest BCUT2D eigenvalue weighted by Crippen LogP contribution is 2.26. The molecule has 1 aliphatic heterocycles. The van der Waals surface area contributed by atoms with Crippen molar-refractivity contribution < 1.29 is 17.9 Å². The number of Topliss-reactive ketones (excluding diaryl/α,β-unsaturated/α-hetero) is 1. The highest BCUT2D eigenvalue weighted by molar-refractivity contribution is 7.89. The van der Waals surface area contributed by atoms with Gasteiger partial charge in [-0.3, -0.25) is 4.79 Å². The highest BCUT2D eigenvalue weighted by atomic mass is 32.2. The first-order valence-electron chi connectivity index (χ1n) is 7.77. The minimum Gasteiger partial charge on any atom is -0.493 e. The van der Waals surface area contributed by atoms with Gasteiger partial charge in [0.15, 0.2) is 5.78 Å². The van der Waals surface area contributed by atoms with Crippen molar-refractivity contribution in [1.82, 2.24) is 4.72 Å². The van der Waals surface area contributed by atoms with Crippen LogP contribution in [0.5, 0.6) is 5.75 Å². The molecule has 3 rings (SSSR count). The Morgan fingerprint density at radius 1 is 1.21 bits per heavy atom. The number of ketones is 1. The van der Waals surface area contributed by atoms with E-state index in [4.69, 9.17) is 4.74 Å². The zero-order valence-corrected chi connectivity index (χ0v) is 14.2. The molecule has 5 nitrogen and oxygen atoms in total. The van der Waals surface area contributed by atoms with E-state index in [1.807, 2.05) is 24.3 Å². The third kappa shape index (κ3) is 3.66. The van der Waals surface area contributed by atoms with Crippen molar-refractivity contribution in [3.8, 4) is 5.75 Å². The number of benzene rings is 2. The van der Waals surface area contributed by atoms with Crippen molar-refractivity contribution in [3.63, 3.8) is 0 Å². The van der Waals surface area contributed by atoms with E-state index in [-0.39, 0.29) is 16.6 Å². The van der Waals surface area contributed by atoms with Crippen molar-refractivity contribution in [1.29, 1.82) is 0 Å². The second-order valence-electron chi connectivity index (χ2n) is 5.92. The summed E-state index contributed by atoms with van der Waals surface area (Å²) in [5.74, 6) is 0.778. The summed E-state index contributed by atoms with van der Waals surface area (Å²) in [6.45, 7) is 2.18. The van der Waals surface area contributed by atoms with Crippen molar-refractivity contribution in [2.45, 2.75) is 18.2 Å². The minimum absolute atomic E-state index is 0.0747. The summed E-state index contributed by atoms with van der Waals surface area (Å²) in [5, 5.41) is 0. The fraction of sp³-hybridized carbons (Fsp3) is 0.278. The highest BCUT2D eigenvalue weighted by Gasteiger charge is 2.22. The summed E-state index contributed by atoms with van der Waals surface area (Å²) in [4.78, 5) is 11.5. The monoisotopic (exact) mass is 345 g/mol. The van der Waals surface area contributed by atoms with Crippen LogP contribution in [0.4, 0.5) is 0 Å². The van der Waals surface area contributed by atoms with Crippen LogP contribution >= 0.6 is 0 Å². The molecular weight excluding hydrogens is 326 g/mol. The Morgan fingerprint density at radius 2 is 2.00 bits per heavy atom. The molecule has 1 heterocycles. The number of carbonyl (C=O) groups excluding carboxylic acids is 1. The third-order valence-electron chi connectivity index (χ3n) is 4.07. The summed E-state index contributed by atoms with van der Waals surface area (Å²) in [6.07, 6.45) is 0.770. The molecule has 0 saturated carbocycles. The normalized spacial score (nSPS) is 17.0. The molecule has 0 aliphatic carbocycles. The van der Waals surface area contributed by atoms with E-state index in [0.717, 1.165) is 17.7 Å². The molecule has 6 heteroatoms. The van der Waals surface area contributed by atoms with Gasteiger partial charge in [-0.2, -0.15) is 0 Å². The summed E-state index contributed by atoms with van der Waals surface area (Å²) < 4.78 is 33.2. The van der Waals surface area contributed by atoms with Crippen LogP contribution in [-0.2, 0) is 16.4 Å². The summed E-state index contributed by atoms with van der Waals surface area (Å²) in [7, 11) is -3.65. The molecule has 126 valence electrons. The smallest absolute Gasteiger partial charge is 0.240 e. The van der Waals surface area contributed by atoms with Crippen molar-refractivity contribution in [3.05, 3.63) is 59.7 Å². The van der Waals surface area contributed by atoms with Crippen LogP contribution in [0.2, 0.25) is 0 Å². The number of rotatable bonds is 5. The zero-order chi connectivity index (χ0) is 17.2. The van der Waals surface area contributed by atoms with E-state index in [9.17, 15) is 13.2 Å². The van der Waals surface area contributed by atoms with Crippen LogP contribution in [0, 0.1) is 5.92 Å². The van der Waals surface area contributed by atoms with Crippen molar-refractivity contribution >= 4 is 15.8 Å². The lowest BCUT2D eigenvalue weighted by atomic mass is 9.97. The molecule has 1 unspecified atom stereocenters. The van der Waals surface area contributed by atoms with Crippen molar-refractivity contribution in [2.75, 3.05) is 13.2 Å². The first-order valence-corrected chi connectivity index (χ1v) is 9.25. The Kier molecular flexibility index (Phi) is 4.69. The van der Waals surface area contributed by atoms with Gasteiger partial charge in [0.1, 0.15) is 5.75 Å². The maximum Gasteiger partial charge on any atom is 0.240 e. The molecule has 24 heavy (non-hydrogen) atoms. The number of fused-ring (bicyclic) bond motifs is 1. The van der Waals surface area contributed by atoms with E-state index >= 15 is 0 Å². The van der Waals surface area contributed by atoms with Gasteiger partial charge in [0.05, 0.1) is 11.5 Å². The standard InChI is InChI=1S/C18H19NO4S/c1-13(20)15-6-4-7-17(10-15)24(21,22)19-11-14-9-16-5-2-3-8-18(16)23-12-14/h2-8,10,14,19H,9,11-12H2,1H3. The van der Waals surface area contributed by atoms with E-state index < -0.39 is 10.0 Å². The lowest BCUT2D eigenvalue weighted by molar-refractivity contribution is 0.101. The number of nitrogens with one attached hydrogen (secondary N) is 1. The SMILES string of the molecule is CC(=O)c1cccc(S(=O)(=O)NCC2COc3ccccc3C2)c1. The predicted molar refractivity (Wildman–Crippen MR) is 90.8 cm³/mol. The van der Waals surface area contributed by atoms with Crippen LogP contribution in [-0.4, -0.2) is 27.4 Å². The number of sulfonamides is 1. The van der Waals surface area contributed by atoms with Crippen LogP contribution in [0.3, 0.4) is 0 Å².